The van der Waals surface area contributed by atoms with Gasteiger partial charge in [-0.1, -0.05) is 11.6 Å². The quantitative estimate of drug-likeness (QED) is 0.130. The molecule has 4 aromatic rings. The van der Waals surface area contributed by atoms with Crippen molar-refractivity contribution in [2.45, 2.75) is 70.7 Å². The molecule has 2 aliphatic rings. The van der Waals surface area contributed by atoms with Crippen molar-refractivity contribution in [3.05, 3.63) is 87.3 Å². The fourth-order valence-corrected chi connectivity index (χ4v) is 6.86. The molecule has 1 saturated carbocycles. The fourth-order valence-electron chi connectivity index (χ4n) is 6.02. The first kappa shape index (κ1) is 35.2. The van der Waals surface area contributed by atoms with Crippen molar-refractivity contribution in [3.8, 4) is 11.3 Å². The van der Waals surface area contributed by atoms with E-state index in [1.165, 1.54) is 30.6 Å². The Hall–Kier alpha value is -3.66. The minimum Gasteiger partial charge on any atom is -0.465 e. The normalized spacial score (nSPS) is 17.5. The highest BCUT2D eigenvalue weighted by Crippen LogP contribution is 2.43. The van der Waals surface area contributed by atoms with E-state index in [0.717, 1.165) is 24.0 Å². The average molecular weight is 711 g/mol. The van der Waals surface area contributed by atoms with Crippen LogP contribution in [0.25, 0.3) is 16.8 Å². The molecule has 1 aliphatic carbocycles. The maximum Gasteiger partial charge on any atom is 0.497 e. The van der Waals surface area contributed by atoms with Crippen LogP contribution in [0.5, 0.6) is 0 Å². The largest absolute Gasteiger partial charge is 0.497 e. The van der Waals surface area contributed by atoms with E-state index in [-0.39, 0.29) is 35.5 Å². The summed E-state index contributed by atoms with van der Waals surface area (Å²) in [6.07, 6.45) is 3.62. The minimum atomic E-state index is -2.44. The maximum atomic E-state index is 13.7. The van der Waals surface area contributed by atoms with E-state index in [9.17, 15) is 22.7 Å². The van der Waals surface area contributed by atoms with Gasteiger partial charge in [-0.05, 0) is 106 Å². The number of carbonyl (C=O) groups excluding carboxylic acids is 2. The molecule has 0 bridgehead atoms. The number of benzene rings is 2. The van der Waals surface area contributed by atoms with Crippen molar-refractivity contribution in [2.24, 2.45) is 0 Å². The number of rotatable bonds is 10. The number of pyridine rings is 1. The molecule has 2 N–H and O–H groups in total. The molecule has 2 fully saturated rings. The second kappa shape index (κ2) is 13.2. The summed E-state index contributed by atoms with van der Waals surface area (Å²) in [6, 6.07) is 10.8. The van der Waals surface area contributed by atoms with Gasteiger partial charge in [0.25, 0.3) is 5.91 Å². The summed E-state index contributed by atoms with van der Waals surface area (Å²) in [5.74, 6) is -1.21. The van der Waals surface area contributed by atoms with Crippen molar-refractivity contribution < 1.29 is 36.8 Å². The SMILES string of the molecule is CNC(=O)c1c(-c2ccc(F)cc2)nn2cc(CN(Cc3cc(Cl)c(B4OC(C)(C)C(C)(C)O4)c(C(=O)OC)c3)S(=O)O)c(C3CC3)cc12. The lowest BCUT2D eigenvalue weighted by molar-refractivity contribution is 0.00578. The van der Waals surface area contributed by atoms with E-state index in [2.05, 4.69) is 5.32 Å². The van der Waals surface area contributed by atoms with Gasteiger partial charge in [0.2, 0.25) is 11.3 Å². The molecule has 11 nitrogen and oxygen atoms in total. The van der Waals surface area contributed by atoms with Crippen molar-refractivity contribution in [1.29, 1.82) is 0 Å². The monoisotopic (exact) mass is 710 g/mol. The molecule has 0 spiro atoms. The van der Waals surface area contributed by atoms with Crippen molar-refractivity contribution in [3.63, 3.8) is 0 Å². The number of methoxy groups -OCH3 is 1. The van der Waals surface area contributed by atoms with Gasteiger partial charge in [-0.2, -0.15) is 9.40 Å². The van der Waals surface area contributed by atoms with E-state index in [4.69, 9.17) is 30.7 Å². The van der Waals surface area contributed by atoms with Crippen molar-refractivity contribution in [2.75, 3.05) is 14.2 Å². The van der Waals surface area contributed by atoms with Crippen LogP contribution in [0, 0.1) is 5.82 Å². The number of carbonyl (C=O) groups is 2. The summed E-state index contributed by atoms with van der Waals surface area (Å²) in [5, 5.41) is 7.57. The zero-order chi connectivity index (χ0) is 35.4. The molecule has 2 aromatic carbocycles. The highest BCUT2D eigenvalue weighted by Gasteiger charge is 2.53. The lowest BCUT2D eigenvalue weighted by Gasteiger charge is -2.32. The smallest absolute Gasteiger partial charge is 0.465 e. The van der Waals surface area contributed by atoms with Gasteiger partial charge in [-0.25, -0.2) is 17.9 Å². The molecule has 1 saturated heterocycles. The predicted octanol–water partition coefficient (Wildman–Crippen LogP) is 5.26. The first-order valence-corrected chi connectivity index (χ1v) is 17.2. The minimum absolute atomic E-state index is 0.0378. The van der Waals surface area contributed by atoms with Gasteiger partial charge in [0, 0.05) is 42.4 Å². The van der Waals surface area contributed by atoms with E-state index in [0.29, 0.717) is 33.4 Å². The topological polar surface area (TPSA) is 132 Å². The molecule has 6 rings (SSSR count). The summed E-state index contributed by atoms with van der Waals surface area (Å²) < 4.78 is 57.4. The third-order valence-corrected chi connectivity index (χ3v) is 10.5. The van der Waals surface area contributed by atoms with Gasteiger partial charge in [0.1, 0.15) is 11.5 Å². The van der Waals surface area contributed by atoms with Crippen LogP contribution in [0.1, 0.15) is 83.9 Å². The Balaban J connectivity index is 1.38. The molecule has 1 amide bonds. The molecule has 1 unspecified atom stereocenters. The summed E-state index contributed by atoms with van der Waals surface area (Å²) in [7, 11) is 1.85. The molecule has 15 heteroatoms. The number of ether oxygens (including phenoxy) is 1. The molecular weight excluding hydrogens is 674 g/mol. The van der Waals surface area contributed by atoms with Gasteiger partial charge in [0.05, 0.1) is 35.0 Å². The molecule has 49 heavy (non-hydrogen) atoms. The van der Waals surface area contributed by atoms with E-state index in [1.807, 2.05) is 33.8 Å². The van der Waals surface area contributed by atoms with Gasteiger partial charge in [-0.15, -0.1) is 0 Å². The van der Waals surface area contributed by atoms with Gasteiger partial charge in [-0.3, -0.25) is 9.35 Å². The number of aromatic nitrogens is 2. The Labute approximate surface area is 291 Å². The summed E-state index contributed by atoms with van der Waals surface area (Å²) in [6.45, 7) is 7.54. The number of hydrogen-bond acceptors (Lipinski definition) is 7. The number of nitrogens with zero attached hydrogens (tertiary/aromatic N) is 3. The maximum absolute atomic E-state index is 13.7. The Morgan fingerprint density at radius 2 is 1.80 bits per heavy atom. The van der Waals surface area contributed by atoms with Crippen LogP contribution in [0.2, 0.25) is 5.02 Å². The third kappa shape index (κ3) is 6.77. The molecule has 2 aromatic heterocycles. The van der Waals surface area contributed by atoms with Crippen LogP contribution < -0.4 is 10.8 Å². The Morgan fingerprint density at radius 3 is 2.37 bits per heavy atom. The zero-order valence-electron chi connectivity index (χ0n) is 28.0. The van der Waals surface area contributed by atoms with Crippen LogP contribution >= 0.6 is 11.6 Å². The van der Waals surface area contributed by atoms with Crippen LogP contribution in [0.4, 0.5) is 4.39 Å². The standard InChI is InChI=1S/C34H37BClFN4O7S/c1-33(2)34(3,4)48-35(47-33)29-25(32(43)46-6)13-19(14-26(29)36)16-40(49(44)45)17-22-18-41-27(15-24(22)20-7-8-20)28(31(42)38-5)30(39-41)21-9-11-23(37)12-10-21/h9-15,18,20H,7-8,16-17H2,1-6H3,(H,38,42)(H,44,45). The average Bonchev–Trinajstić information content (AvgIpc) is 3.78. The first-order valence-electron chi connectivity index (χ1n) is 15.8. The fraction of sp³-hybridized carbons (Fsp3) is 0.382. The second-order valence-electron chi connectivity index (χ2n) is 13.3. The van der Waals surface area contributed by atoms with E-state index >= 15 is 0 Å². The van der Waals surface area contributed by atoms with Crippen LogP contribution in [0.3, 0.4) is 0 Å². The van der Waals surface area contributed by atoms with Gasteiger partial charge in [0.15, 0.2) is 0 Å². The summed E-state index contributed by atoms with van der Waals surface area (Å²) >= 11 is 4.35. The predicted molar refractivity (Wildman–Crippen MR) is 184 cm³/mol. The van der Waals surface area contributed by atoms with Crippen molar-refractivity contribution in [1.82, 2.24) is 19.2 Å². The molecular formula is C34H37BClFN4O7S. The van der Waals surface area contributed by atoms with Gasteiger partial charge < -0.3 is 19.4 Å². The lowest BCUT2D eigenvalue weighted by Crippen LogP contribution is -2.41. The number of hydrogen-bond donors (Lipinski definition) is 2. The second-order valence-corrected chi connectivity index (χ2v) is 14.7. The first-order chi connectivity index (χ1) is 23.1. The van der Waals surface area contributed by atoms with E-state index in [1.54, 1.807) is 35.0 Å². The Morgan fingerprint density at radius 1 is 1.14 bits per heavy atom. The van der Waals surface area contributed by atoms with Crippen LogP contribution in [0.15, 0.2) is 48.7 Å². The molecule has 1 atom stereocenters. The number of amides is 1. The van der Waals surface area contributed by atoms with Crippen LogP contribution in [-0.4, -0.2) is 67.0 Å². The molecule has 0 radical (unpaired) electrons. The summed E-state index contributed by atoms with van der Waals surface area (Å²) in [5.41, 5.74) is 3.08. The zero-order valence-corrected chi connectivity index (χ0v) is 29.6. The number of fused-ring (bicyclic) bond motifs is 1. The lowest BCUT2D eigenvalue weighted by atomic mass is 9.75. The number of nitrogens with one attached hydrogen (secondary N) is 1. The summed E-state index contributed by atoms with van der Waals surface area (Å²) in [4.78, 5) is 26.1. The molecule has 3 heterocycles. The number of halogens is 2. The van der Waals surface area contributed by atoms with Crippen molar-refractivity contribution >= 4 is 52.8 Å². The van der Waals surface area contributed by atoms with Gasteiger partial charge >= 0.3 is 13.1 Å². The third-order valence-electron chi connectivity index (χ3n) is 9.49. The Kier molecular flexibility index (Phi) is 9.50. The number of esters is 1. The highest BCUT2D eigenvalue weighted by molar-refractivity contribution is 7.76. The van der Waals surface area contributed by atoms with Crippen LogP contribution in [-0.2, 0) is 38.4 Å². The van der Waals surface area contributed by atoms with E-state index < -0.39 is 41.4 Å². The Bertz CT molecular complexity index is 1970. The highest BCUT2D eigenvalue weighted by atomic mass is 35.5. The molecule has 258 valence electrons. The molecule has 1 aliphatic heterocycles.